The van der Waals surface area contributed by atoms with Gasteiger partial charge in [-0.2, -0.15) is 0 Å². The highest BCUT2D eigenvalue weighted by atomic mass is 15.2. The van der Waals surface area contributed by atoms with Gasteiger partial charge in [-0.15, -0.1) is 0 Å². The molecule has 0 radical (unpaired) electrons. The molecule has 1 aliphatic carbocycles. The lowest BCUT2D eigenvalue weighted by molar-refractivity contribution is 0.0717. The predicted octanol–water partition coefficient (Wildman–Crippen LogP) is 2.89. The van der Waals surface area contributed by atoms with E-state index in [1.807, 2.05) is 0 Å². The standard InChI is InChI=1S/C16H30N2/c1-13-2-4-14(5-3-13)6-9-17-16-12-18-10-7-15(16)8-11-18/h13-17H,2-12H2,1H3. The van der Waals surface area contributed by atoms with Gasteiger partial charge in [0.2, 0.25) is 0 Å². The fraction of sp³-hybridized carbons (Fsp3) is 1.00. The van der Waals surface area contributed by atoms with Crippen LogP contribution in [0.15, 0.2) is 0 Å². The van der Waals surface area contributed by atoms with Crippen molar-refractivity contribution in [2.45, 2.75) is 57.9 Å². The third-order valence-electron chi connectivity index (χ3n) is 5.75. The second kappa shape index (κ2) is 5.92. The fourth-order valence-electron chi connectivity index (χ4n) is 4.29. The van der Waals surface area contributed by atoms with Gasteiger partial charge in [-0.25, -0.2) is 0 Å². The molecule has 2 bridgehead atoms. The second-order valence-corrected chi connectivity index (χ2v) is 7.11. The highest BCUT2D eigenvalue weighted by Gasteiger charge is 2.33. The third-order valence-corrected chi connectivity index (χ3v) is 5.75. The molecule has 2 heteroatoms. The summed E-state index contributed by atoms with van der Waals surface area (Å²) in [4.78, 5) is 2.65. The molecule has 4 rings (SSSR count). The maximum absolute atomic E-state index is 3.87. The summed E-state index contributed by atoms with van der Waals surface area (Å²) < 4.78 is 0. The molecule has 0 aromatic rings. The van der Waals surface area contributed by atoms with Crippen LogP contribution in [-0.2, 0) is 0 Å². The topological polar surface area (TPSA) is 15.3 Å². The van der Waals surface area contributed by atoms with E-state index in [1.54, 1.807) is 0 Å². The monoisotopic (exact) mass is 250 g/mol. The van der Waals surface area contributed by atoms with E-state index in [0.29, 0.717) is 0 Å². The van der Waals surface area contributed by atoms with Gasteiger partial charge in [0.05, 0.1) is 0 Å². The van der Waals surface area contributed by atoms with E-state index < -0.39 is 0 Å². The van der Waals surface area contributed by atoms with Crippen LogP contribution in [0.2, 0.25) is 0 Å². The van der Waals surface area contributed by atoms with E-state index >= 15 is 0 Å². The fourth-order valence-corrected chi connectivity index (χ4v) is 4.29. The van der Waals surface area contributed by atoms with E-state index in [0.717, 1.165) is 23.8 Å². The van der Waals surface area contributed by atoms with Crippen molar-refractivity contribution in [3.05, 3.63) is 0 Å². The van der Waals surface area contributed by atoms with Gasteiger partial charge in [0, 0.05) is 12.6 Å². The maximum atomic E-state index is 3.87. The quantitative estimate of drug-likeness (QED) is 0.825. The largest absolute Gasteiger partial charge is 0.312 e. The minimum absolute atomic E-state index is 0.815. The molecule has 3 heterocycles. The molecule has 4 aliphatic rings. The molecule has 1 atom stereocenters. The molecule has 1 N–H and O–H groups in total. The SMILES string of the molecule is CC1CCC(CCNC2CN3CCC2CC3)CC1. The molecular formula is C16H30N2. The Morgan fingerprint density at radius 2 is 1.72 bits per heavy atom. The summed E-state index contributed by atoms with van der Waals surface area (Å²) in [5.74, 6) is 3.01. The van der Waals surface area contributed by atoms with Gasteiger partial charge in [0.15, 0.2) is 0 Å². The molecule has 1 unspecified atom stereocenters. The maximum Gasteiger partial charge on any atom is 0.0224 e. The van der Waals surface area contributed by atoms with Crippen LogP contribution in [0.3, 0.4) is 0 Å². The smallest absolute Gasteiger partial charge is 0.0224 e. The number of piperidine rings is 3. The minimum Gasteiger partial charge on any atom is -0.312 e. The van der Waals surface area contributed by atoms with E-state index in [1.165, 1.54) is 71.1 Å². The first-order chi connectivity index (χ1) is 8.81. The van der Waals surface area contributed by atoms with E-state index in [4.69, 9.17) is 0 Å². The molecule has 0 spiro atoms. The number of nitrogens with zero attached hydrogens (tertiary/aromatic N) is 1. The average molecular weight is 250 g/mol. The summed E-state index contributed by atoms with van der Waals surface area (Å²) in [6.07, 6.45) is 10.2. The van der Waals surface area contributed by atoms with Gasteiger partial charge in [-0.1, -0.05) is 32.6 Å². The van der Waals surface area contributed by atoms with Crippen LogP contribution in [0.5, 0.6) is 0 Å². The summed E-state index contributed by atoms with van der Waals surface area (Å²) in [6, 6.07) is 0.815. The third kappa shape index (κ3) is 3.08. The number of fused-ring (bicyclic) bond motifs is 3. The van der Waals surface area contributed by atoms with Crippen LogP contribution in [0.1, 0.15) is 51.9 Å². The Balaban J connectivity index is 1.35. The second-order valence-electron chi connectivity index (χ2n) is 7.11. The Morgan fingerprint density at radius 1 is 1.00 bits per heavy atom. The Kier molecular flexibility index (Phi) is 4.25. The van der Waals surface area contributed by atoms with E-state index in [2.05, 4.69) is 17.1 Å². The van der Waals surface area contributed by atoms with Crippen molar-refractivity contribution in [3.63, 3.8) is 0 Å². The highest BCUT2D eigenvalue weighted by Crippen LogP contribution is 2.31. The van der Waals surface area contributed by atoms with Gasteiger partial charge in [0.25, 0.3) is 0 Å². The van der Waals surface area contributed by atoms with Crippen LogP contribution < -0.4 is 5.32 Å². The van der Waals surface area contributed by atoms with Crippen molar-refractivity contribution >= 4 is 0 Å². The van der Waals surface area contributed by atoms with Crippen molar-refractivity contribution in [3.8, 4) is 0 Å². The van der Waals surface area contributed by atoms with Crippen LogP contribution in [0.4, 0.5) is 0 Å². The molecule has 4 fully saturated rings. The van der Waals surface area contributed by atoms with Gasteiger partial charge in [-0.3, -0.25) is 0 Å². The lowest BCUT2D eigenvalue weighted by atomic mass is 9.81. The number of hydrogen-bond acceptors (Lipinski definition) is 2. The first-order valence-electron chi connectivity index (χ1n) is 8.27. The van der Waals surface area contributed by atoms with Crippen molar-refractivity contribution < 1.29 is 0 Å². The van der Waals surface area contributed by atoms with Gasteiger partial charge in [-0.05, 0) is 56.7 Å². The molecule has 0 amide bonds. The summed E-state index contributed by atoms with van der Waals surface area (Å²) >= 11 is 0. The molecule has 0 aromatic heterocycles. The van der Waals surface area contributed by atoms with E-state index in [-0.39, 0.29) is 0 Å². The van der Waals surface area contributed by atoms with Gasteiger partial charge < -0.3 is 10.2 Å². The molecular weight excluding hydrogens is 220 g/mol. The molecule has 2 nitrogen and oxygen atoms in total. The minimum atomic E-state index is 0.815. The van der Waals surface area contributed by atoms with Gasteiger partial charge >= 0.3 is 0 Å². The summed E-state index contributed by atoms with van der Waals surface area (Å²) in [6.45, 7) is 7.74. The Labute approximate surface area is 113 Å². The number of hydrogen-bond donors (Lipinski definition) is 1. The lowest BCUT2D eigenvalue weighted by Gasteiger charge is -2.45. The molecule has 104 valence electrons. The zero-order chi connectivity index (χ0) is 12.4. The van der Waals surface area contributed by atoms with Crippen molar-refractivity contribution in [1.82, 2.24) is 10.2 Å². The van der Waals surface area contributed by atoms with Crippen molar-refractivity contribution in [2.75, 3.05) is 26.2 Å². The molecule has 1 saturated carbocycles. The van der Waals surface area contributed by atoms with Crippen molar-refractivity contribution in [1.29, 1.82) is 0 Å². The summed E-state index contributed by atoms with van der Waals surface area (Å²) in [5.41, 5.74) is 0. The number of nitrogens with one attached hydrogen (secondary N) is 1. The predicted molar refractivity (Wildman–Crippen MR) is 76.7 cm³/mol. The van der Waals surface area contributed by atoms with Crippen LogP contribution in [0, 0.1) is 17.8 Å². The first-order valence-corrected chi connectivity index (χ1v) is 8.27. The first kappa shape index (κ1) is 12.9. The average Bonchev–Trinajstić information content (AvgIpc) is 2.42. The highest BCUT2D eigenvalue weighted by molar-refractivity contribution is 4.90. The number of rotatable bonds is 4. The zero-order valence-electron chi connectivity index (χ0n) is 12.0. The summed E-state index contributed by atoms with van der Waals surface area (Å²) in [5, 5.41) is 3.87. The summed E-state index contributed by atoms with van der Waals surface area (Å²) in [7, 11) is 0. The van der Waals surface area contributed by atoms with Crippen LogP contribution in [-0.4, -0.2) is 37.1 Å². The normalized spacial score (nSPS) is 44.2. The molecule has 3 aliphatic heterocycles. The lowest BCUT2D eigenvalue weighted by Crippen LogP contribution is -2.56. The molecule has 3 saturated heterocycles. The Morgan fingerprint density at radius 3 is 2.33 bits per heavy atom. The van der Waals surface area contributed by atoms with E-state index in [9.17, 15) is 0 Å². The van der Waals surface area contributed by atoms with Gasteiger partial charge in [0.1, 0.15) is 0 Å². The Bertz CT molecular complexity index is 250. The van der Waals surface area contributed by atoms with Crippen LogP contribution >= 0.6 is 0 Å². The van der Waals surface area contributed by atoms with Crippen molar-refractivity contribution in [2.24, 2.45) is 17.8 Å². The molecule has 0 aromatic carbocycles. The molecule has 18 heavy (non-hydrogen) atoms. The van der Waals surface area contributed by atoms with Crippen LogP contribution in [0.25, 0.3) is 0 Å². The zero-order valence-corrected chi connectivity index (χ0v) is 12.0. The Hall–Kier alpha value is -0.0800.